The van der Waals surface area contributed by atoms with Crippen molar-refractivity contribution >= 4 is 17.2 Å². The Morgan fingerprint density at radius 3 is 2.71 bits per heavy atom. The fourth-order valence-corrected chi connectivity index (χ4v) is 3.57. The van der Waals surface area contributed by atoms with E-state index in [1.807, 2.05) is 29.6 Å². The normalized spacial score (nSPS) is 10.6. The van der Waals surface area contributed by atoms with Crippen LogP contribution in [0.4, 0.5) is 4.39 Å². The van der Waals surface area contributed by atoms with Gasteiger partial charge in [0.05, 0.1) is 12.1 Å². The van der Waals surface area contributed by atoms with E-state index >= 15 is 0 Å². The minimum Gasteiger partial charge on any atom is -0.488 e. The minimum absolute atomic E-state index is 0.100. The molecular weight excluding hydrogens is 375 g/mol. The van der Waals surface area contributed by atoms with Gasteiger partial charge in [-0.1, -0.05) is 30.3 Å². The Kier molecular flexibility index (Phi) is 7.17. The molecule has 0 aliphatic heterocycles. The van der Waals surface area contributed by atoms with Crippen molar-refractivity contribution in [2.45, 2.75) is 19.6 Å². The van der Waals surface area contributed by atoms with E-state index in [9.17, 15) is 9.18 Å². The lowest BCUT2D eigenvalue weighted by molar-refractivity contribution is 0.0739. The van der Waals surface area contributed by atoms with Crippen LogP contribution in [0.5, 0.6) is 5.75 Å². The van der Waals surface area contributed by atoms with Gasteiger partial charge in [-0.05, 0) is 54.2 Å². The van der Waals surface area contributed by atoms with Crippen molar-refractivity contribution in [1.29, 1.82) is 0 Å². The van der Waals surface area contributed by atoms with Crippen LogP contribution in [-0.4, -0.2) is 23.9 Å². The molecule has 0 saturated heterocycles. The van der Waals surface area contributed by atoms with Gasteiger partial charge in [0.1, 0.15) is 18.2 Å². The van der Waals surface area contributed by atoms with Crippen molar-refractivity contribution in [1.82, 2.24) is 4.90 Å². The lowest BCUT2D eigenvalue weighted by atomic mass is 10.1. The summed E-state index contributed by atoms with van der Waals surface area (Å²) >= 11 is 1.62. The van der Waals surface area contributed by atoms with Crippen LogP contribution < -0.4 is 10.5 Å². The van der Waals surface area contributed by atoms with Gasteiger partial charge < -0.3 is 15.4 Å². The minimum atomic E-state index is -0.311. The molecule has 146 valence electrons. The molecule has 2 aromatic carbocycles. The number of ether oxygens (including phenoxy) is 1. The first-order chi connectivity index (χ1) is 13.7. The number of rotatable bonds is 9. The van der Waals surface area contributed by atoms with E-state index in [1.165, 1.54) is 12.1 Å². The maximum atomic E-state index is 13.4. The molecule has 28 heavy (non-hydrogen) atoms. The Balaban J connectivity index is 1.77. The Bertz CT molecular complexity index is 899. The fourth-order valence-electron chi connectivity index (χ4n) is 2.85. The van der Waals surface area contributed by atoms with Gasteiger partial charge in [0.15, 0.2) is 0 Å². The molecule has 0 unspecified atom stereocenters. The fraction of sp³-hybridized carbons (Fsp3) is 0.227. The highest BCUT2D eigenvalue weighted by molar-refractivity contribution is 7.09. The summed E-state index contributed by atoms with van der Waals surface area (Å²) in [6, 6.07) is 17.4. The standard InChI is InChI=1S/C22H23FN2O2S/c23-18-7-3-6-17(14-18)16-27-21-10-2-1-9-20(21)22(26)25(12-5-11-24)15-19-8-4-13-28-19/h1-4,6-10,13-14H,5,11-12,15-16,24H2. The zero-order valence-electron chi connectivity index (χ0n) is 15.5. The molecule has 0 fully saturated rings. The molecule has 0 aliphatic rings. The molecule has 1 amide bonds. The topological polar surface area (TPSA) is 55.6 Å². The van der Waals surface area contributed by atoms with E-state index in [0.717, 1.165) is 11.3 Å². The third kappa shape index (κ3) is 5.41. The van der Waals surface area contributed by atoms with Crippen LogP contribution in [0.1, 0.15) is 27.2 Å². The van der Waals surface area contributed by atoms with Crippen LogP contribution in [0.3, 0.4) is 0 Å². The molecule has 3 aromatic rings. The van der Waals surface area contributed by atoms with Crippen molar-refractivity contribution in [2.75, 3.05) is 13.1 Å². The summed E-state index contributed by atoms with van der Waals surface area (Å²) in [5, 5.41) is 2.00. The quantitative estimate of drug-likeness (QED) is 0.579. The lowest BCUT2D eigenvalue weighted by Gasteiger charge is -2.23. The van der Waals surface area contributed by atoms with Gasteiger partial charge in [0, 0.05) is 11.4 Å². The number of nitrogens with two attached hydrogens (primary N) is 1. The average Bonchev–Trinajstić information content (AvgIpc) is 3.22. The number of carbonyl (C=O) groups excluding carboxylic acids is 1. The zero-order valence-corrected chi connectivity index (χ0v) is 16.3. The van der Waals surface area contributed by atoms with E-state index < -0.39 is 0 Å². The summed E-state index contributed by atoms with van der Waals surface area (Å²) in [5.41, 5.74) is 6.85. The predicted octanol–water partition coefficient (Wildman–Crippen LogP) is 4.46. The summed E-state index contributed by atoms with van der Waals surface area (Å²) in [4.78, 5) is 16.1. The second kappa shape index (κ2) is 10.0. The van der Waals surface area contributed by atoms with E-state index in [1.54, 1.807) is 40.5 Å². The van der Waals surface area contributed by atoms with Gasteiger partial charge in [-0.2, -0.15) is 0 Å². The maximum absolute atomic E-state index is 13.4. The van der Waals surface area contributed by atoms with Crippen LogP contribution in [0.25, 0.3) is 0 Å². The average molecular weight is 399 g/mol. The highest BCUT2D eigenvalue weighted by Crippen LogP contribution is 2.23. The number of para-hydroxylation sites is 1. The summed E-state index contributed by atoms with van der Waals surface area (Å²) in [6.45, 7) is 1.82. The van der Waals surface area contributed by atoms with Gasteiger partial charge in [0.2, 0.25) is 0 Å². The van der Waals surface area contributed by atoms with Gasteiger partial charge in [-0.3, -0.25) is 4.79 Å². The molecule has 0 bridgehead atoms. The second-order valence-corrected chi connectivity index (χ2v) is 7.40. The summed E-state index contributed by atoms with van der Waals surface area (Å²) in [6.07, 6.45) is 0.726. The van der Waals surface area contributed by atoms with Gasteiger partial charge in [-0.15, -0.1) is 11.3 Å². The molecular formula is C22H23FN2O2S. The Hall–Kier alpha value is -2.70. The van der Waals surface area contributed by atoms with Gasteiger partial charge in [-0.25, -0.2) is 4.39 Å². The van der Waals surface area contributed by atoms with Crippen LogP contribution in [0.2, 0.25) is 0 Å². The molecule has 1 aromatic heterocycles. The van der Waals surface area contributed by atoms with Crippen molar-refractivity contribution in [2.24, 2.45) is 5.73 Å². The molecule has 0 atom stereocenters. The smallest absolute Gasteiger partial charge is 0.257 e. The second-order valence-electron chi connectivity index (χ2n) is 6.36. The Morgan fingerprint density at radius 2 is 1.96 bits per heavy atom. The lowest BCUT2D eigenvalue weighted by Crippen LogP contribution is -2.32. The SMILES string of the molecule is NCCCN(Cc1cccs1)C(=O)c1ccccc1OCc1cccc(F)c1. The molecule has 6 heteroatoms. The zero-order chi connectivity index (χ0) is 19.8. The summed E-state index contributed by atoms with van der Waals surface area (Å²) in [5.74, 6) is 0.0757. The monoisotopic (exact) mass is 398 g/mol. The predicted molar refractivity (Wildman–Crippen MR) is 110 cm³/mol. The van der Waals surface area contributed by atoms with Gasteiger partial charge in [0.25, 0.3) is 5.91 Å². The van der Waals surface area contributed by atoms with E-state index in [2.05, 4.69) is 0 Å². The van der Waals surface area contributed by atoms with Crippen LogP contribution >= 0.6 is 11.3 Å². The van der Waals surface area contributed by atoms with E-state index in [0.29, 0.717) is 36.5 Å². The summed E-state index contributed by atoms with van der Waals surface area (Å²) in [7, 11) is 0. The maximum Gasteiger partial charge on any atom is 0.257 e. The Labute approximate surface area is 168 Å². The number of hydrogen-bond acceptors (Lipinski definition) is 4. The number of carbonyl (C=O) groups is 1. The molecule has 3 rings (SSSR count). The largest absolute Gasteiger partial charge is 0.488 e. The van der Waals surface area contributed by atoms with E-state index in [-0.39, 0.29) is 18.3 Å². The number of halogens is 1. The number of amides is 1. The number of hydrogen-bond donors (Lipinski definition) is 1. The van der Waals surface area contributed by atoms with Gasteiger partial charge >= 0.3 is 0 Å². The molecule has 0 radical (unpaired) electrons. The first-order valence-electron chi connectivity index (χ1n) is 9.15. The summed E-state index contributed by atoms with van der Waals surface area (Å²) < 4.78 is 19.2. The van der Waals surface area contributed by atoms with E-state index in [4.69, 9.17) is 10.5 Å². The van der Waals surface area contributed by atoms with Crippen molar-refractivity contribution in [3.05, 3.63) is 87.9 Å². The number of nitrogens with zero attached hydrogens (tertiary/aromatic N) is 1. The third-order valence-corrected chi connectivity index (χ3v) is 5.11. The first kappa shape index (κ1) is 20.0. The molecule has 0 aliphatic carbocycles. The molecule has 2 N–H and O–H groups in total. The third-order valence-electron chi connectivity index (χ3n) is 4.25. The highest BCUT2D eigenvalue weighted by Gasteiger charge is 2.20. The van der Waals surface area contributed by atoms with Crippen molar-refractivity contribution < 1.29 is 13.9 Å². The number of thiophene rings is 1. The molecule has 1 heterocycles. The Morgan fingerprint density at radius 1 is 1.11 bits per heavy atom. The number of benzene rings is 2. The van der Waals surface area contributed by atoms with Crippen LogP contribution in [-0.2, 0) is 13.2 Å². The molecule has 0 spiro atoms. The highest BCUT2D eigenvalue weighted by atomic mass is 32.1. The first-order valence-corrected chi connectivity index (χ1v) is 10.0. The van der Waals surface area contributed by atoms with Crippen LogP contribution in [0, 0.1) is 5.82 Å². The molecule has 0 saturated carbocycles. The van der Waals surface area contributed by atoms with Crippen LogP contribution in [0.15, 0.2) is 66.0 Å². The van der Waals surface area contributed by atoms with Crippen molar-refractivity contribution in [3.63, 3.8) is 0 Å². The van der Waals surface area contributed by atoms with Crippen molar-refractivity contribution in [3.8, 4) is 5.75 Å². The molecule has 4 nitrogen and oxygen atoms in total.